The van der Waals surface area contributed by atoms with Gasteiger partial charge in [0.15, 0.2) is 12.3 Å². The van der Waals surface area contributed by atoms with E-state index in [4.69, 9.17) is 33.7 Å². The molecule has 1 atom stereocenters. The maximum atomic E-state index is 12.5. The summed E-state index contributed by atoms with van der Waals surface area (Å²) in [5.41, 5.74) is 3.96. The number of aromatic amines is 1. The van der Waals surface area contributed by atoms with Gasteiger partial charge in [-0.15, -0.1) is 23.2 Å². The van der Waals surface area contributed by atoms with Crippen molar-refractivity contribution in [1.82, 2.24) is 9.55 Å². The minimum Gasteiger partial charge on any atom is -0.455 e. The summed E-state index contributed by atoms with van der Waals surface area (Å²) in [5.74, 6) is -1.63. The number of nitrogens with one attached hydrogen (secondary N) is 1. The molecule has 0 bridgehead atoms. The van der Waals surface area contributed by atoms with Crippen molar-refractivity contribution in [3.05, 3.63) is 56.7 Å². The third-order valence-corrected chi connectivity index (χ3v) is 6.24. The highest BCUT2D eigenvalue weighted by Crippen LogP contribution is 2.64. The highest BCUT2D eigenvalue weighted by Gasteiger charge is 2.69. The first-order valence-corrected chi connectivity index (χ1v) is 9.71. The molecular formula is C19H20Cl2N4O5. The van der Waals surface area contributed by atoms with Gasteiger partial charge in [0.25, 0.3) is 11.5 Å². The van der Waals surface area contributed by atoms with Crippen LogP contribution in [0.1, 0.15) is 18.9 Å². The van der Waals surface area contributed by atoms with E-state index in [0.717, 1.165) is 15.0 Å². The van der Waals surface area contributed by atoms with Gasteiger partial charge in [0, 0.05) is 13.5 Å². The van der Waals surface area contributed by atoms with Gasteiger partial charge in [0.05, 0.1) is 6.54 Å². The van der Waals surface area contributed by atoms with Crippen LogP contribution in [0.2, 0.25) is 0 Å². The number of nitrogen functional groups attached to an aromatic ring is 1. The molecule has 30 heavy (non-hydrogen) atoms. The van der Waals surface area contributed by atoms with Gasteiger partial charge in [-0.25, -0.2) is 4.79 Å². The molecule has 0 aliphatic heterocycles. The number of likely N-dealkylation sites (N-methyl/N-ethyl adjacent to an activating group) is 1. The Hall–Kier alpha value is -2.78. The number of carbonyl (C=O) groups excluding carboxylic acids is 2. The van der Waals surface area contributed by atoms with Gasteiger partial charge in [0.2, 0.25) is 0 Å². The molecule has 3 rings (SSSR count). The van der Waals surface area contributed by atoms with Gasteiger partial charge in [0.1, 0.15) is 15.6 Å². The molecule has 1 amide bonds. The molecule has 1 aromatic heterocycles. The SMILES string of the molecule is CN(C(=O)COC(=O)[C@@]1(C)CC1(Cl)Cl)c1c(N)n(Cc2ccccc2)c(=O)[nH]c1=O. The number of anilines is 2. The molecule has 1 fully saturated rings. The van der Waals surface area contributed by atoms with Gasteiger partial charge < -0.3 is 15.4 Å². The molecule has 0 radical (unpaired) electrons. The fourth-order valence-corrected chi connectivity index (χ4v) is 3.64. The molecule has 1 heterocycles. The topological polar surface area (TPSA) is 127 Å². The fraction of sp³-hybridized carbons (Fsp3) is 0.368. The van der Waals surface area contributed by atoms with Crippen LogP contribution in [0.3, 0.4) is 0 Å². The minimum atomic E-state index is -1.23. The standard InChI is InChI=1S/C19H20Cl2N4O5/c1-18(10-19(18,20)21)16(28)30-9-12(26)24(2)13-14(22)25(17(29)23-15(13)27)8-11-6-4-3-5-7-11/h3-7H,8-10,22H2,1-2H3,(H,23,27,29)/t18-/m1/s1. The Morgan fingerprint density at radius 3 is 2.43 bits per heavy atom. The van der Waals surface area contributed by atoms with Gasteiger partial charge >= 0.3 is 11.7 Å². The summed E-state index contributed by atoms with van der Waals surface area (Å²) in [5, 5.41) is 0. The number of hydrogen-bond donors (Lipinski definition) is 2. The zero-order chi connectivity index (χ0) is 22.3. The lowest BCUT2D eigenvalue weighted by molar-refractivity contribution is -0.152. The Morgan fingerprint density at radius 1 is 1.27 bits per heavy atom. The zero-order valence-corrected chi connectivity index (χ0v) is 17.8. The number of H-pyrrole nitrogens is 1. The van der Waals surface area contributed by atoms with Gasteiger partial charge in [-0.2, -0.15) is 0 Å². The second-order valence-corrected chi connectivity index (χ2v) is 8.79. The number of ether oxygens (including phenoxy) is 1. The van der Waals surface area contributed by atoms with E-state index in [-0.39, 0.29) is 24.5 Å². The van der Waals surface area contributed by atoms with E-state index < -0.39 is 39.5 Å². The van der Waals surface area contributed by atoms with Gasteiger partial charge in [-0.1, -0.05) is 30.3 Å². The maximum absolute atomic E-state index is 12.5. The molecule has 2 aromatic rings. The first kappa shape index (κ1) is 21.9. The second-order valence-electron chi connectivity index (χ2n) is 7.31. The quantitative estimate of drug-likeness (QED) is 0.499. The van der Waals surface area contributed by atoms with Crippen LogP contribution in [-0.2, 0) is 20.9 Å². The van der Waals surface area contributed by atoms with Crippen molar-refractivity contribution in [2.24, 2.45) is 5.41 Å². The largest absolute Gasteiger partial charge is 0.455 e. The van der Waals surface area contributed by atoms with Crippen LogP contribution >= 0.6 is 23.2 Å². The van der Waals surface area contributed by atoms with Crippen molar-refractivity contribution in [3.8, 4) is 0 Å². The number of amides is 1. The predicted molar refractivity (Wildman–Crippen MR) is 113 cm³/mol. The van der Waals surface area contributed by atoms with E-state index in [9.17, 15) is 19.2 Å². The summed E-state index contributed by atoms with van der Waals surface area (Å²) in [6.45, 7) is 0.981. The Kier molecular flexibility index (Phi) is 5.70. The number of rotatable bonds is 6. The third kappa shape index (κ3) is 3.95. The normalized spacial score (nSPS) is 19.2. The molecule has 0 spiro atoms. The smallest absolute Gasteiger partial charge is 0.330 e. The highest BCUT2D eigenvalue weighted by molar-refractivity contribution is 6.53. The Labute approximate surface area is 181 Å². The average molecular weight is 455 g/mol. The molecule has 0 unspecified atom stereocenters. The monoisotopic (exact) mass is 454 g/mol. The van der Waals surface area contributed by atoms with Crippen molar-refractivity contribution in [2.45, 2.75) is 24.2 Å². The highest BCUT2D eigenvalue weighted by atomic mass is 35.5. The average Bonchev–Trinajstić information content (AvgIpc) is 3.22. The number of hydrogen-bond acceptors (Lipinski definition) is 6. The van der Waals surface area contributed by atoms with E-state index >= 15 is 0 Å². The summed E-state index contributed by atoms with van der Waals surface area (Å²) in [7, 11) is 1.29. The fourth-order valence-electron chi connectivity index (χ4n) is 2.95. The summed E-state index contributed by atoms with van der Waals surface area (Å²) in [6, 6.07) is 8.99. The first-order chi connectivity index (χ1) is 14.0. The van der Waals surface area contributed by atoms with Crippen molar-refractivity contribution in [1.29, 1.82) is 0 Å². The molecule has 3 N–H and O–H groups in total. The van der Waals surface area contributed by atoms with E-state index in [1.54, 1.807) is 24.3 Å². The van der Waals surface area contributed by atoms with E-state index in [1.807, 2.05) is 6.07 Å². The molecule has 11 heteroatoms. The molecule has 1 aliphatic carbocycles. The predicted octanol–water partition coefficient (Wildman–Crippen LogP) is 1.26. The number of alkyl halides is 2. The van der Waals surface area contributed by atoms with Crippen LogP contribution < -0.4 is 21.9 Å². The lowest BCUT2D eigenvalue weighted by atomic mass is 10.1. The van der Waals surface area contributed by atoms with Crippen molar-refractivity contribution in [3.63, 3.8) is 0 Å². The van der Waals surface area contributed by atoms with Crippen molar-refractivity contribution < 1.29 is 14.3 Å². The summed E-state index contributed by atoms with van der Waals surface area (Å²) >= 11 is 11.9. The summed E-state index contributed by atoms with van der Waals surface area (Å²) < 4.78 is 4.93. The number of carbonyl (C=O) groups is 2. The molecule has 1 aromatic carbocycles. The number of aromatic nitrogens is 2. The van der Waals surface area contributed by atoms with Crippen LogP contribution in [0.5, 0.6) is 0 Å². The van der Waals surface area contributed by atoms with E-state index in [2.05, 4.69) is 4.98 Å². The van der Waals surface area contributed by atoms with E-state index in [0.29, 0.717) is 0 Å². The number of esters is 1. The molecule has 9 nitrogen and oxygen atoms in total. The molecule has 1 saturated carbocycles. The number of halogens is 2. The second kappa shape index (κ2) is 7.81. The minimum absolute atomic E-state index is 0.0954. The molecular weight excluding hydrogens is 435 g/mol. The lowest BCUT2D eigenvalue weighted by Gasteiger charge is -2.21. The van der Waals surface area contributed by atoms with Crippen LogP contribution in [0.4, 0.5) is 11.5 Å². The summed E-state index contributed by atoms with van der Waals surface area (Å²) in [6.07, 6.45) is 0.211. The third-order valence-electron chi connectivity index (χ3n) is 5.14. The van der Waals surface area contributed by atoms with Gasteiger partial charge in [-0.05, 0) is 12.5 Å². The Bertz CT molecular complexity index is 1110. The van der Waals surface area contributed by atoms with Crippen molar-refractivity contribution >= 4 is 46.6 Å². The first-order valence-electron chi connectivity index (χ1n) is 8.96. The Morgan fingerprint density at radius 2 is 1.87 bits per heavy atom. The Balaban J connectivity index is 1.80. The number of benzene rings is 1. The van der Waals surface area contributed by atoms with Crippen LogP contribution in [-0.4, -0.2) is 39.4 Å². The number of nitrogens with two attached hydrogens (primary N) is 1. The number of nitrogens with zero attached hydrogens (tertiary/aromatic N) is 2. The van der Waals surface area contributed by atoms with E-state index in [1.165, 1.54) is 14.0 Å². The van der Waals surface area contributed by atoms with Crippen molar-refractivity contribution in [2.75, 3.05) is 24.3 Å². The molecule has 160 valence electrons. The molecule has 0 saturated heterocycles. The maximum Gasteiger partial charge on any atom is 0.330 e. The zero-order valence-electron chi connectivity index (χ0n) is 16.3. The van der Waals surface area contributed by atoms with Crippen LogP contribution in [0.25, 0.3) is 0 Å². The van der Waals surface area contributed by atoms with Crippen LogP contribution in [0, 0.1) is 5.41 Å². The lowest BCUT2D eigenvalue weighted by Crippen LogP contribution is -2.41. The van der Waals surface area contributed by atoms with Gasteiger partial charge in [-0.3, -0.25) is 23.9 Å². The van der Waals surface area contributed by atoms with Crippen LogP contribution in [0.15, 0.2) is 39.9 Å². The molecule has 1 aliphatic rings. The summed E-state index contributed by atoms with van der Waals surface area (Å²) in [4.78, 5) is 52.3.